The fraction of sp³-hybridized carbons (Fsp3) is 0.417. The molecule has 0 bridgehead atoms. The fourth-order valence-corrected chi connectivity index (χ4v) is 6.09. The molecule has 11 heteroatoms. The molecule has 2 saturated heterocycles. The topological polar surface area (TPSA) is 105 Å². The maximum atomic E-state index is 14.2. The molecule has 0 aliphatic carbocycles. The second kappa shape index (κ2) is 17.4. The number of piperidine rings is 1. The van der Waals surface area contributed by atoms with E-state index in [0.29, 0.717) is 41.9 Å². The molecule has 1 amide bonds. The number of aryl methyl sites for hydroxylation is 1. The van der Waals surface area contributed by atoms with E-state index in [1.807, 2.05) is 24.3 Å². The van der Waals surface area contributed by atoms with Crippen LogP contribution in [-0.4, -0.2) is 43.2 Å². The van der Waals surface area contributed by atoms with Crippen LogP contribution >= 0.6 is 23.2 Å². The summed E-state index contributed by atoms with van der Waals surface area (Å²) in [4.78, 5) is 23.3. The average Bonchev–Trinajstić information content (AvgIpc) is 3.42. The van der Waals surface area contributed by atoms with Crippen LogP contribution in [0.15, 0.2) is 60.7 Å². The Balaban J connectivity index is 0.000000205. The van der Waals surface area contributed by atoms with Gasteiger partial charge in [0.2, 0.25) is 6.41 Å². The molecule has 3 N–H and O–H groups in total. The molecule has 3 unspecified atom stereocenters. The predicted octanol–water partition coefficient (Wildman–Crippen LogP) is 8.45. The van der Waals surface area contributed by atoms with Gasteiger partial charge in [0.05, 0.1) is 22.9 Å². The van der Waals surface area contributed by atoms with E-state index in [1.54, 1.807) is 31.2 Å². The molecule has 252 valence electrons. The fourth-order valence-electron chi connectivity index (χ4n) is 5.75. The molecule has 0 radical (unpaired) electrons. The first-order valence-electron chi connectivity index (χ1n) is 15.5. The van der Waals surface area contributed by atoms with Crippen LogP contribution in [0.5, 0.6) is 0 Å². The summed E-state index contributed by atoms with van der Waals surface area (Å²) in [5.74, 6) is -1.90. The number of halogens is 4. The van der Waals surface area contributed by atoms with Gasteiger partial charge in [0.1, 0.15) is 11.6 Å². The number of amides is 1. The van der Waals surface area contributed by atoms with Gasteiger partial charge in [0.15, 0.2) is 0 Å². The van der Waals surface area contributed by atoms with Crippen LogP contribution in [-0.2, 0) is 9.59 Å². The van der Waals surface area contributed by atoms with Crippen LogP contribution in [0.2, 0.25) is 10.0 Å². The zero-order valence-corrected chi connectivity index (χ0v) is 28.6. The van der Waals surface area contributed by atoms with Crippen LogP contribution in [0.3, 0.4) is 0 Å². The van der Waals surface area contributed by atoms with Crippen molar-refractivity contribution in [2.75, 3.05) is 29.9 Å². The van der Waals surface area contributed by atoms with Crippen LogP contribution in [0.25, 0.3) is 0 Å². The molecule has 0 saturated carbocycles. The summed E-state index contributed by atoms with van der Waals surface area (Å²) in [5.41, 5.74) is 3.13. The van der Waals surface area contributed by atoms with Crippen molar-refractivity contribution < 1.29 is 23.5 Å². The van der Waals surface area contributed by atoms with Crippen molar-refractivity contribution in [2.24, 2.45) is 17.3 Å². The third-order valence-electron chi connectivity index (χ3n) is 8.27. The van der Waals surface area contributed by atoms with Crippen molar-refractivity contribution in [3.05, 3.63) is 93.5 Å². The number of carbonyl (C=O) groups excluding carboxylic acids is 1. The summed E-state index contributed by atoms with van der Waals surface area (Å²) in [6.45, 7) is 10.3. The Hall–Kier alpha value is -3.71. The van der Waals surface area contributed by atoms with Gasteiger partial charge in [-0.15, -0.1) is 0 Å². The van der Waals surface area contributed by atoms with Gasteiger partial charge in [-0.3, -0.25) is 9.59 Å². The Kier molecular flexibility index (Phi) is 14.0. The molecule has 47 heavy (non-hydrogen) atoms. The Morgan fingerprint density at radius 2 is 1.77 bits per heavy atom. The number of nitrogens with one attached hydrogen (secondary N) is 2. The van der Waals surface area contributed by atoms with E-state index in [2.05, 4.69) is 42.4 Å². The highest BCUT2D eigenvalue weighted by atomic mass is 35.5. The lowest BCUT2D eigenvalue weighted by Gasteiger charge is -2.32. The van der Waals surface area contributed by atoms with Crippen LogP contribution < -0.4 is 15.5 Å². The van der Waals surface area contributed by atoms with Crippen molar-refractivity contribution in [1.29, 1.82) is 5.26 Å². The first-order valence-corrected chi connectivity index (χ1v) is 16.3. The average molecular weight is 688 g/mol. The van der Waals surface area contributed by atoms with Crippen molar-refractivity contribution in [3.63, 3.8) is 0 Å². The van der Waals surface area contributed by atoms with Gasteiger partial charge in [-0.1, -0.05) is 62.2 Å². The molecule has 0 spiro atoms. The molecule has 2 heterocycles. The zero-order chi connectivity index (χ0) is 34.7. The summed E-state index contributed by atoms with van der Waals surface area (Å²) in [6, 6.07) is 19.6. The van der Waals surface area contributed by atoms with Crippen molar-refractivity contribution >= 4 is 47.0 Å². The summed E-state index contributed by atoms with van der Waals surface area (Å²) in [7, 11) is 0. The number of anilines is 2. The second-order valence-corrected chi connectivity index (χ2v) is 13.8. The maximum Gasteiger partial charge on any atom is 0.306 e. The summed E-state index contributed by atoms with van der Waals surface area (Å²) in [6.07, 6.45) is 2.91. The number of hydrogen-bond donors (Lipinski definition) is 3. The van der Waals surface area contributed by atoms with Crippen LogP contribution in [0.4, 0.5) is 20.2 Å². The smallest absolute Gasteiger partial charge is 0.306 e. The lowest BCUT2D eigenvalue weighted by atomic mass is 9.79. The second-order valence-electron chi connectivity index (χ2n) is 13.0. The molecule has 3 aromatic carbocycles. The van der Waals surface area contributed by atoms with Gasteiger partial charge in [0.25, 0.3) is 0 Å². The standard InChI is InChI=1S/C16H20ClFN2.C13H16N2O3.C7H6ClF/c1-16(2,3)7-14-11(8-19)12(9-20-14)10-5-4-6-13(17)15(10)18;16-9-14-11-1-3-12(4-2-11)15-7-5-10(6-8-15)13(17)18;1-5-2-3-6(8)4-7(5)9/h4-6,11-12,14,20H,7,9H2,1-3H3;1-4,9-10H,5-8H2,(H,14,16)(H,17,18);2-4H,1H3. The lowest BCUT2D eigenvalue weighted by Crippen LogP contribution is -2.36. The normalized spacial score (nSPS) is 19.4. The third-order valence-corrected chi connectivity index (χ3v) is 8.79. The molecule has 3 atom stereocenters. The van der Waals surface area contributed by atoms with E-state index < -0.39 is 11.8 Å². The third kappa shape index (κ3) is 11.2. The Bertz CT molecular complexity index is 1530. The summed E-state index contributed by atoms with van der Waals surface area (Å²) >= 11 is 11.3. The Morgan fingerprint density at radius 3 is 2.30 bits per heavy atom. The molecule has 2 aliphatic heterocycles. The number of aliphatic carboxylic acids is 1. The van der Waals surface area contributed by atoms with E-state index in [0.717, 1.165) is 30.9 Å². The molecule has 3 aromatic rings. The Labute approximate surface area is 285 Å². The number of nitriles is 1. The van der Waals surface area contributed by atoms with E-state index in [9.17, 15) is 23.6 Å². The minimum Gasteiger partial charge on any atom is -0.481 e. The van der Waals surface area contributed by atoms with E-state index in [1.165, 1.54) is 12.1 Å². The van der Waals surface area contributed by atoms with Crippen molar-refractivity contribution in [2.45, 2.75) is 58.9 Å². The SMILES string of the molecule is CC(C)(C)CC1NCC(c2cccc(Cl)c2F)C1C#N.Cc1ccc(Cl)cc1F.O=CNc1ccc(N2CCC(C(=O)O)CC2)cc1. The number of nitrogens with zero attached hydrogens (tertiary/aromatic N) is 2. The zero-order valence-electron chi connectivity index (χ0n) is 27.1. The molecule has 2 fully saturated rings. The number of hydrogen-bond acceptors (Lipinski definition) is 5. The van der Waals surface area contributed by atoms with Gasteiger partial charge in [0, 0.05) is 48.0 Å². The minimum absolute atomic E-state index is 0.100. The summed E-state index contributed by atoms with van der Waals surface area (Å²) < 4.78 is 26.7. The lowest BCUT2D eigenvalue weighted by molar-refractivity contribution is -0.142. The van der Waals surface area contributed by atoms with Gasteiger partial charge < -0.3 is 20.6 Å². The first-order chi connectivity index (χ1) is 22.2. The van der Waals surface area contributed by atoms with Gasteiger partial charge in [-0.2, -0.15) is 5.26 Å². The summed E-state index contributed by atoms with van der Waals surface area (Å²) in [5, 5.41) is 24.9. The number of rotatable bonds is 6. The Morgan fingerprint density at radius 1 is 1.11 bits per heavy atom. The molecule has 5 rings (SSSR count). The van der Waals surface area contributed by atoms with Crippen molar-refractivity contribution in [3.8, 4) is 6.07 Å². The quantitative estimate of drug-likeness (QED) is 0.225. The van der Waals surface area contributed by atoms with Crippen LogP contribution in [0, 0.1) is 47.1 Å². The molecular formula is C36H42Cl2F2N4O3. The van der Waals surface area contributed by atoms with Gasteiger partial charge in [-0.05, 0) is 85.2 Å². The largest absolute Gasteiger partial charge is 0.481 e. The molecule has 7 nitrogen and oxygen atoms in total. The number of carboxylic acid groups (broad SMARTS) is 1. The van der Waals surface area contributed by atoms with Gasteiger partial charge >= 0.3 is 5.97 Å². The highest BCUT2D eigenvalue weighted by Crippen LogP contribution is 2.38. The number of carboxylic acids is 1. The minimum atomic E-state index is -0.694. The molecule has 0 aromatic heterocycles. The van der Waals surface area contributed by atoms with Gasteiger partial charge in [-0.25, -0.2) is 8.78 Å². The first kappa shape index (κ1) is 37.7. The highest BCUT2D eigenvalue weighted by Gasteiger charge is 2.39. The van der Waals surface area contributed by atoms with Crippen molar-refractivity contribution in [1.82, 2.24) is 5.32 Å². The monoisotopic (exact) mass is 686 g/mol. The number of carbonyl (C=O) groups is 2. The molecular weight excluding hydrogens is 645 g/mol. The predicted molar refractivity (Wildman–Crippen MR) is 184 cm³/mol. The highest BCUT2D eigenvalue weighted by molar-refractivity contribution is 6.31. The number of benzene rings is 3. The maximum absolute atomic E-state index is 14.2. The van der Waals surface area contributed by atoms with E-state index in [-0.39, 0.29) is 40.1 Å². The van der Waals surface area contributed by atoms with E-state index in [4.69, 9.17) is 28.3 Å². The van der Waals surface area contributed by atoms with Crippen LogP contribution in [0.1, 0.15) is 57.1 Å². The van der Waals surface area contributed by atoms with E-state index >= 15 is 0 Å². The molecule has 2 aliphatic rings.